The third-order valence-electron chi connectivity index (χ3n) is 4.20. The molecule has 1 aliphatic heterocycles. The Morgan fingerprint density at radius 1 is 1.04 bits per heavy atom. The molecule has 0 saturated carbocycles. The Balaban J connectivity index is 1.53. The number of amides is 2. The number of piperazine rings is 1. The van der Waals surface area contributed by atoms with Crippen LogP contribution < -0.4 is 0 Å². The SMILES string of the molecule is Cc1ccc(CC(=O)N2CCN(C(=O)c3ccc(C)s3)CC2)cn1. The van der Waals surface area contributed by atoms with Gasteiger partial charge < -0.3 is 9.80 Å². The molecule has 0 unspecified atom stereocenters. The van der Waals surface area contributed by atoms with Crippen molar-refractivity contribution >= 4 is 23.2 Å². The molecular weight excluding hydrogens is 322 g/mol. The summed E-state index contributed by atoms with van der Waals surface area (Å²) in [5.41, 5.74) is 1.88. The van der Waals surface area contributed by atoms with Crippen molar-refractivity contribution in [2.75, 3.05) is 26.2 Å². The fourth-order valence-electron chi connectivity index (χ4n) is 2.75. The highest BCUT2D eigenvalue weighted by atomic mass is 32.1. The maximum Gasteiger partial charge on any atom is 0.264 e. The second-order valence-corrected chi connectivity index (χ2v) is 7.36. The number of thiophene rings is 1. The van der Waals surface area contributed by atoms with E-state index >= 15 is 0 Å². The molecule has 3 rings (SSSR count). The number of rotatable bonds is 3. The molecule has 0 aliphatic carbocycles. The van der Waals surface area contributed by atoms with E-state index in [0.29, 0.717) is 32.6 Å². The Kier molecular flexibility index (Phi) is 4.94. The molecule has 0 atom stereocenters. The number of pyridine rings is 1. The van der Waals surface area contributed by atoms with Gasteiger partial charge in [0, 0.05) is 42.9 Å². The first-order chi connectivity index (χ1) is 11.5. The molecule has 1 fully saturated rings. The van der Waals surface area contributed by atoms with Gasteiger partial charge in [-0.25, -0.2) is 0 Å². The minimum atomic E-state index is 0.0722. The number of hydrogen-bond acceptors (Lipinski definition) is 4. The first-order valence-electron chi connectivity index (χ1n) is 8.08. The van der Waals surface area contributed by atoms with Gasteiger partial charge in [-0.05, 0) is 37.6 Å². The summed E-state index contributed by atoms with van der Waals surface area (Å²) in [6.07, 6.45) is 2.12. The van der Waals surface area contributed by atoms with Crippen LogP contribution >= 0.6 is 11.3 Å². The van der Waals surface area contributed by atoms with E-state index in [9.17, 15) is 9.59 Å². The lowest BCUT2D eigenvalue weighted by atomic mass is 10.1. The van der Waals surface area contributed by atoms with Gasteiger partial charge in [-0.3, -0.25) is 14.6 Å². The molecule has 0 N–H and O–H groups in total. The van der Waals surface area contributed by atoms with E-state index in [4.69, 9.17) is 0 Å². The molecule has 2 amide bonds. The molecule has 1 aliphatic rings. The molecule has 24 heavy (non-hydrogen) atoms. The average Bonchev–Trinajstić information content (AvgIpc) is 3.03. The minimum Gasteiger partial charge on any atom is -0.339 e. The van der Waals surface area contributed by atoms with Crippen molar-refractivity contribution < 1.29 is 9.59 Å². The lowest BCUT2D eigenvalue weighted by Gasteiger charge is -2.34. The quantitative estimate of drug-likeness (QED) is 0.859. The van der Waals surface area contributed by atoms with E-state index in [2.05, 4.69) is 4.98 Å². The van der Waals surface area contributed by atoms with Gasteiger partial charge >= 0.3 is 0 Å². The van der Waals surface area contributed by atoms with Crippen LogP contribution in [-0.2, 0) is 11.2 Å². The summed E-state index contributed by atoms with van der Waals surface area (Å²) < 4.78 is 0. The van der Waals surface area contributed by atoms with Crippen LogP contribution in [0.15, 0.2) is 30.5 Å². The van der Waals surface area contributed by atoms with E-state index < -0.39 is 0 Å². The number of nitrogens with zero attached hydrogens (tertiary/aromatic N) is 3. The molecule has 6 heteroatoms. The van der Waals surface area contributed by atoms with Crippen molar-refractivity contribution in [3.8, 4) is 0 Å². The summed E-state index contributed by atoms with van der Waals surface area (Å²) in [5.74, 6) is 0.169. The number of carbonyl (C=O) groups is 2. The Hall–Kier alpha value is -2.21. The van der Waals surface area contributed by atoms with Crippen molar-refractivity contribution in [1.29, 1.82) is 0 Å². The fraction of sp³-hybridized carbons (Fsp3) is 0.389. The summed E-state index contributed by atoms with van der Waals surface area (Å²) >= 11 is 1.52. The van der Waals surface area contributed by atoms with Crippen molar-refractivity contribution in [1.82, 2.24) is 14.8 Å². The molecule has 0 bridgehead atoms. The number of carbonyl (C=O) groups excluding carboxylic acids is 2. The van der Waals surface area contributed by atoms with Gasteiger partial charge in [-0.15, -0.1) is 11.3 Å². The molecule has 2 aromatic heterocycles. The zero-order chi connectivity index (χ0) is 17.1. The predicted molar refractivity (Wildman–Crippen MR) is 94.2 cm³/mol. The standard InChI is InChI=1S/C18H21N3O2S/c1-13-3-5-15(12-19-13)11-17(22)20-7-9-21(10-8-20)18(23)16-6-4-14(2)24-16/h3-6,12H,7-11H2,1-2H3. The topological polar surface area (TPSA) is 53.5 Å². The van der Waals surface area contributed by atoms with Crippen molar-refractivity contribution in [3.05, 3.63) is 51.5 Å². The fourth-order valence-corrected chi connectivity index (χ4v) is 3.59. The highest BCUT2D eigenvalue weighted by Crippen LogP contribution is 2.18. The van der Waals surface area contributed by atoms with Gasteiger partial charge in [0.25, 0.3) is 5.91 Å². The molecule has 0 radical (unpaired) electrons. The molecule has 1 saturated heterocycles. The summed E-state index contributed by atoms with van der Waals surface area (Å²) in [4.78, 5) is 34.6. The van der Waals surface area contributed by atoms with Gasteiger partial charge in [-0.1, -0.05) is 6.07 Å². The van der Waals surface area contributed by atoms with Crippen LogP contribution in [0.25, 0.3) is 0 Å². The summed E-state index contributed by atoms with van der Waals surface area (Å²) in [7, 11) is 0. The molecule has 0 aromatic carbocycles. The van der Waals surface area contributed by atoms with Gasteiger partial charge in [0.2, 0.25) is 5.91 Å². The summed E-state index contributed by atoms with van der Waals surface area (Å²) in [6.45, 7) is 6.29. The normalized spacial score (nSPS) is 14.8. The van der Waals surface area contributed by atoms with E-state index in [1.165, 1.54) is 11.3 Å². The van der Waals surface area contributed by atoms with Crippen LogP contribution in [0.1, 0.15) is 25.8 Å². The smallest absolute Gasteiger partial charge is 0.264 e. The van der Waals surface area contributed by atoms with Crippen molar-refractivity contribution in [2.45, 2.75) is 20.3 Å². The van der Waals surface area contributed by atoms with E-state index in [-0.39, 0.29) is 11.8 Å². The molecule has 0 spiro atoms. The molecule has 5 nitrogen and oxygen atoms in total. The number of hydrogen-bond donors (Lipinski definition) is 0. The first kappa shape index (κ1) is 16.6. The van der Waals surface area contributed by atoms with Crippen LogP contribution in [0.5, 0.6) is 0 Å². The predicted octanol–water partition coefficient (Wildman–Crippen LogP) is 2.29. The lowest BCUT2D eigenvalue weighted by molar-refractivity contribution is -0.131. The largest absolute Gasteiger partial charge is 0.339 e. The van der Waals surface area contributed by atoms with Crippen LogP contribution in [0.4, 0.5) is 0 Å². The van der Waals surface area contributed by atoms with Gasteiger partial charge in [0.1, 0.15) is 0 Å². The van der Waals surface area contributed by atoms with Crippen LogP contribution in [0.2, 0.25) is 0 Å². The van der Waals surface area contributed by atoms with E-state index in [0.717, 1.165) is 21.0 Å². The van der Waals surface area contributed by atoms with Crippen molar-refractivity contribution in [2.24, 2.45) is 0 Å². The monoisotopic (exact) mass is 343 g/mol. The highest BCUT2D eigenvalue weighted by molar-refractivity contribution is 7.13. The zero-order valence-electron chi connectivity index (χ0n) is 14.0. The lowest BCUT2D eigenvalue weighted by Crippen LogP contribution is -2.50. The zero-order valence-corrected chi connectivity index (χ0v) is 14.8. The summed E-state index contributed by atoms with van der Waals surface area (Å²) in [5, 5.41) is 0. The average molecular weight is 343 g/mol. The maximum atomic E-state index is 12.4. The second kappa shape index (κ2) is 7.13. The highest BCUT2D eigenvalue weighted by Gasteiger charge is 2.25. The molecule has 2 aromatic rings. The van der Waals surface area contributed by atoms with Crippen LogP contribution in [0, 0.1) is 13.8 Å². The Labute approximate surface area is 145 Å². The van der Waals surface area contributed by atoms with Crippen LogP contribution in [-0.4, -0.2) is 52.8 Å². The van der Waals surface area contributed by atoms with Crippen molar-refractivity contribution in [3.63, 3.8) is 0 Å². The third-order valence-corrected chi connectivity index (χ3v) is 5.19. The minimum absolute atomic E-state index is 0.0722. The Morgan fingerprint density at radius 3 is 2.33 bits per heavy atom. The Bertz CT molecular complexity index is 731. The van der Waals surface area contributed by atoms with E-state index in [1.54, 1.807) is 6.20 Å². The second-order valence-electron chi connectivity index (χ2n) is 6.07. The number of aryl methyl sites for hydroxylation is 2. The Morgan fingerprint density at radius 2 is 1.75 bits per heavy atom. The summed E-state index contributed by atoms with van der Waals surface area (Å²) in [6, 6.07) is 7.71. The molecule has 126 valence electrons. The number of aromatic nitrogens is 1. The molecular formula is C18H21N3O2S. The van der Waals surface area contributed by atoms with E-state index in [1.807, 2.05) is 47.9 Å². The van der Waals surface area contributed by atoms with Crippen LogP contribution in [0.3, 0.4) is 0 Å². The van der Waals surface area contributed by atoms with Gasteiger partial charge in [0.05, 0.1) is 11.3 Å². The molecule has 3 heterocycles. The maximum absolute atomic E-state index is 12.4. The van der Waals surface area contributed by atoms with Gasteiger partial charge in [-0.2, -0.15) is 0 Å². The third kappa shape index (κ3) is 3.82. The first-order valence-corrected chi connectivity index (χ1v) is 8.89. The van der Waals surface area contributed by atoms with Gasteiger partial charge in [0.15, 0.2) is 0 Å².